The second kappa shape index (κ2) is 6.56. The van der Waals surface area contributed by atoms with E-state index < -0.39 is 0 Å². The van der Waals surface area contributed by atoms with E-state index in [1.165, 1.54) is 0 Å². The second-order valence-electron chi connectivity index (χ2n) is 3.30. The molecule has 0 atom stereocenters. The number of benzene rings is 1. The average molecular weight is 258 g/mol. The SMILES string of the molecule is C=C(Cl)c1ccccc1CCNC(=O)CCl. The van der Waals surface area contributed by atoms with Gasteiger partial charge in [0.2, 0.25) is 5.91 Å². The highest BCUT2D eigenvalue weighted by atomic mass is 35.5. The molecular weight excluding hydrogens is 245 g/mol. The van der Waals surface area contributed by atoms with Crippen LogP contribution in [-0.2, 0) is 11.2 Å². The Morgan fingerprint density at radius 2 is 2.06 bits per heavy atom. The lowest BCUT2D eigenvalue weighted by Crippen LogP contribution is -2.26. The number of carbonyl (C=O) groups is 1. The van der Waals surface area contributed by atoms with E-state index in [0.717, 1.165) is 11.1 Å². The Kier molecular flexibility index (Phi) is 5.36. The molecule has 0 radical (unpaired) electrons. The van der Waals surface area contributed by atoms with Crippen LogP contribution in [-0.4, -0.2) is 18.3 Å². The summed E-state index contributed by atoms with van der Waals surface area (Å²) in [5, 5.41) is 3.22. The number of hydrogen-bond acceptors (Lipinski definition) is 1. The topological polar surface area (TPSA) is 29.1 Å². The van der Waals surface area contributed by atoms with Gasteiger partial charge in [0.05, 0.1) is 0 Å². The first-order valence-corrected chi connectivity index (χ1v) is 5.81. The molecule has 1 rings (SSSR count). The van der Waals surface area contributed by atoms with Gasteiger partial charge in [-0.25, -0.2) is 0 Å². The molecular formula is C12H13Cl2NO. The number of amides is 1. The van der Waals surface area contributed by atoms with Crippen LogP contribution in [0.1, 0.15) is 11.1 Å². The van der Waals surface area contributed by atoms with Crippen molar-refractivity contribution < 1.29 is 4.79 Å². The molecule has 0 aromatic heterocycles. The van der Waals surface area contributed by atoms with Gasteiger partial charge < -0.3 is 5.32 Å². The van der Waals surface area contributed by atoms with Crippen LogP contribution >= 0.6 is 23.2 Å². The van der Waals surface area contributed by atoms with E-state index >= 15 is 0 Å². The summed E-state index contributed by atoms with van der Waals surface area (Å²) in [7, 11) is 0. The molecule has 1 N–H and O–H groups in total. The summed E-state index contributed by atoms with van der Waals surface area (Å²) < 4.78 is 0. The third-order valence-corrected chi connectivity index (χ3v) is 2.59. The van der Waals surface area contributed by atoms with Crippen molar-refractivity contribution in [1.29, 1.82) is 0 Å². The molecule has 0 heterocycles. The van der Waals surface area contributed by atoms with Gasteiger partial charge >= 0.3 is 0 Å². The summed E-state index contributed by atoms with van der Waals surface area (Å²) in [4.78, 5) is 10.9. The van der Waals surface area contributed by atoms with Gasteiger partial charge in [0.25, 0.3) is 0 Å². The molecule has 4 heteroatoms. The van der Waals surface area contributed by atoms with E-state index in [1.807, 2.05) is 24.3 Å². The van der Waals surface area contributed by atoms with Crippen LogP contribution in [0.4, 0.5) is 0 Å². The van der Waals surface area contributed by atoms with Crippen LogP contribution in [0.15, 0.2) is 30.8 Å². The van der Waals surface area contributed by atoms with Crippen LogP contribution in [0, 0.1) is 0 Å². The van der Waals surface area contributed by atoms with Gasteiger partial charge in [-0.15, -0.1) is 11.6 Å². The molecule has 0 aliphatic carbocycles. The van der Waals surface area contributed by atoms with E-state index in [9.17, 15) is 4.79 Å². The molecule has 0 unspecified atom stereocenters. The maximum Gasteiger partial charge on any atom is 0.234 e. The summed E-state index contributed by atoms with van der Waals surface area (Å²) in [5.74, 6) is -0.173. The smallest absolute Gasteiger partial charge is 0.234 e. The van der Waals surface area contributed by atoms with Crippen molar-refractivity contribution >= 4 is 34.1 Å². The first-order valence-electron chi connectivity index (χ1n) is 4.90. The van der Waals surface area contributed by atoms with Crippen molar-refractivity contribution in [3.8, 4) is 0 Å². The zero-order valence-corrected chi connectivity index (χ0v) is 10.3. The van der Waals surface area contributed by atoms with Gasteiger partial charge in [-0.2, -0.15) is 0 Å². The van der Waals surface area contributed by atoms with Gasteiger partial charge in [-0.1, -0.05) is 42.4 Å². The number of carbonyl (C=O) groups excluding carboxylic acids is 1. The predicted molar refractivity (Wildman–Crippen MR) is 68.8 cm³/mol. The average Bonchev–Trinajstić information content (AvgIpc) is 2.29. The Morgan fingerprint density at radius 1 is 1.38 bits per heavy atom. The number of halogens is 2. The standard InChI is InChI=1S/C12H13Cl2NO/c1-9(14)11-5-3-2-4-10(11)6-7-15-12(16)8-13/h2-5H,1,6-8H2,(H,15,16). The molecule has 2 nitrogen and oxygen atoms in total. The Morgan fingerprint density at radius 3 is 2.69 bits per heavy atom. The second-order valence-corrected chi connectivity index (χ2v) is 4.02. The number of nitrogens with one attached hydrogen (secondary N) is 1. The van der Waals surface area contributed by atoms with Crippen molar-refractivity contribution in [2.24, 2.45) is 0 Å². The van der Waals surface area contributed by atoms with Crippen molar-refractivity contribution in [2.45, 2.75) is 6.42 Å². The molecule has 1 aromatic carbocycles. The first-order chi connectivity index (χ1) is 7.65. The predicted octanol–water partition coefficient (Wildman–Crippen LogP) is 2.79. The Balaban J connectivity index is 2.60. The first kappa shape index (κ1) is 13.1. The molecule has 0 aliphatic rings. The molecule has 86 valence electrons. The summed E-state index contributed by atoms with van der Waals surface area (Å²) >= 11 is 11.2. The van der Waals surface area contributed by atoms with Crippen molar-refractivity contribution in [2.75, 3.05) is 12.4 Å². The molecule has 16 heavy (non-hydrogen) atoms. The number of rotatable bonds is 5. The van der Waals surface area contributed by atoms with Crippen LogP contribution in [0.2, 0.25) is 0 Å². The molecule has 0 fully saturated rings. The Hall–Kier alpha value is -0.990. The monoisotopic (exact) mass is 257 g/mol. The van der Waals surface area contributed by atoms with Crippen molar-refractivity contribution in [1.82, 2.24) is 5.32 Å². The minimum Gasteiger partial charge on any atom is -0.355 e. The lowest BCUT2D eigenvalue weighted by Gasteiger charge is -2.08. The maximum absolute atomic E-state index is 10.9. The van der Waals surface area contributed by atoms with E-state index in [1.54, 1.807) is 0 Å². The molecule has 1 aromatic rings. The molecule has 0 aliphatic heterocycles. The zero-order valence-electron chi connectivity index (χ0n) is 8.80. The number of alkyl halides is 1. The number of hydrogen-bond donors (Lipinski definition) is 1. The minimum atomic E-state index is -0.163. The highest BCUT2D eigenvalue weighted by Gasteiger charge is 2.04. The molecule has 1 amide bonds. The largest absolute Gasteiger partial charge is 0.355 e. The molecule has 0 saturated carbocycles. The maximum atomic E-state index is 10.9. The highest BCUT2D eigenvalue weighted by Crippen LogP contribution is 2.20. The van der Waals surface area contributed by atoms with Crippen LogP contribution in [0.3, 0.4) is 0 Å². The van der Waals surface area contributed by atoms with E-state index in [2.05, 4.69) is 11.9 Å². The fourth-order valence-electron chi connectivity index (χ4n) is 1.39. The lowest BCUT2D eigenvalue weighted by atomic mass is 10.0. The molecule has 0 bridgehead atoms. The normalized spacial score (nSPS) is 9.88. The van der Waals surface area contributed by atoms with E-state index in [-0.39, 0.29) is 11.8 Å². The van der Waals surface area contributed by atoms with Crippen molar-refractivity contribution in [3.05, 3.63) is 42.0 Å². The fourth-order valence-corrected chi connectivity index (χ4v) is 1.67. The minimum absolute atomic E-state index is 0.0101. The lowest BCUT2D eigenvalue weighted by molar-refractivity contribution is -0.118. The summed E-state index contributed by atoms with van der Waals surface area (Å²) in [6.45, 7) is 4.25. The summed E-state index contributed by atoms with van der Waals surface area (Å²) in [5.41, 5.74) is 1.99. The fraction of sp³-hybridized carbons (Fsp3) is 0.250. The van der Waals surface area contributed by atoms with E-state index in [4.69, 9.17) is 23.2 Å². The van der Waals surface area contributed by atoms with Crippen LogP contribution in [0.5, 0.6) is 0 Å². The summed E-state index contributed by atoms with van der Waals surface area (Å²) in [6.07, 6.45) is 0.713. The van der Waals surface area contributed by atoms with Gasteiger partial charge in [-0.3, -0.25) is 4.79 Å². The zero-order chi connectivity index (χ0) is 12.0. The van der Waals surface area contributed by atoms with Crippen LogP contribution < -0.4 is 5.32 Å². The Bertz CT molecular complexity index is 390. The van der Waals surface area contributed by atoms with Gasteiger partial charge in [0.1, 0.15) is 5.88 Å². The van der Waals surface area contributed by atoms with Crippen LogP contribution in [0.25, 0.3) is 5.03 Å². The van der Waals surface area contributed by atoms with E-state index in [0.29, 0.717) is 18.0 Å². The molecule has 0 saturated heterocycles. The van der Waals surface area contributed by atoms with Gasteiger partial charge in [-0.05, 0) is 17.5 Å². The van der Waals surface area contributed by atoms with Gasteiger partial charge in [0, 0.05) is 11.6 Å². The quantitative estimate of drug-likeness (QED) is 0.808. The summed E-state index contributed by atoms with van der Waals surface area (Å²) in [6, 6.07) is 7.72. The Labute approximate surface area is 105 Å². The molecule has 0 spiro atoms. The van der Waals surface area contributed by atoms with Gasteiger partial charge in [0.15, 0.2) is 0 Å². The third kappa shape index (κ3) is 3.87. The van der Waals surface area contributed by atoms with Crippen molar-refractivity contribution in [3.63, 3.8) is 0 Å². The highest BCUT2D eigenvalue weighted by molar-refractivity contribution is 6.48. The third-order valence-electron chi connectivity index (χ3n) is 2.15.